The molecule has 18 heavy (non-hydrogen) atoms. The monoisotopic (exact) mass is 270 g/mol. The molecule has 0 unspecified atom stereocenters. The van der Waals surface area contributed by atoms with Crippen LogP contribution in [0.3, 0.4) is 0 Å². The van der Waals surface area contributed by atoms with Crippen molar-refractivity contribution in [2.24, 2.45) is 0 Å². The Morgan fingerprint density at radius 2 is 1.89 bits per heavy atom. The molecule has 0 saturated carbocycles. The predicted molar refractivity (Wildman–Crippen MR) is 74.9 cm³/mol. The number of ether oxygens (including phenoxy) is 1. The zero-order chi connectivity index (χ0) is 13.6. The van der Waals surface area contributed by atoms with Crippen LogP contribution in [-0.2, 0) is 22.6 Å². The van der Waals surface area contributed by atoms with Gasteiger partial charge < -0.3 is 4.74 Å². The van der Waals surface area contributed by atoms with Gasteiger partial charge in [-0.3, -0.25) is 0 Å². The molecule has 1 aromatic rings. The van der Waals surface area contributed by atoms with Gasteiger partial charge in [-0.1, -0.05) is 20.8 Å². The van der Waals surface area contributed by atoms with E-state index in [1.807, 2.05) is 13.1 Å². The Bertz CT molecular complexity index is 378. The van der Waals surface area contributed by atoms with Crippen LogP contribution in [0.4, 0.5) is 0 Å². The van der Waals surface area contributed by atoms with Gasteiger partial charge >= 0.3 is 0 Å². The predicted octanol–water partition coefficient (Wildman–Crippen LogP) is 3.83. The van der Waals surface area contributed by atoms with Crippen molar-refractivity contribution in [2.75, 3.05) is 6.61 Å². The van der Waals surface area contributed by atoms with Crippen molar-refractivity contribution in [3.8, 4) is 0 Å². The SMILES string of the molecule is CCOC(CC)(CC)c1ncc(CCl)c(CC)n1. The summed E-state index contributed by atoms with van der Waals surface area (Å²) in [6.45, 7) is 8.99. The molecule has 1 heterocycles. The number of aryl methyl sites for hydroxylation is 1. The highest BCUT2D eigenvalue weighted by atomic mass is 35.5. The van der Waals surface area contributed by atoms with Crippen molar-refractivity contribution < 1.29 is 4.74 Å². The quantitative estimate of drug-likeness (QED) is 0.707. The lowest BCUT2D eigenvalue weighted by atomic mass is 9.95. The Kier molecular flexibility index (Phi) is 6.03. The number of hydrogen-bond donors (Lipinski definition) is 0. The van der Waals surface area contributed by atoms with Crippen LogP contribution in [0.2, 0.25) is 0 Å². The normalized spacial score (nSPS) is 11.8. The summed E-state index contributed by atoms with van der Waals surface area (Å²) in [5.41, 5.74) is 1.69. The van der Waals surface area contributed by atoms with Gasteiger partial charge in [0.25, 0.3) is 0 Å². The highest BCUT2D eigenvalue weighted by Crippen LogP contribution is 2.31. The number of aromatic nitrogens is 2. The maximum Gasteiger partial charge on any atom is 0.160 e. The highest BCUT2D eigenvalue weighted by Gasteiger charge is 2.32. The number of halogens is 1. The topological polar surface area (TPSA) is 35.0 Å². The molecular weight excluding hydrogens is 248 g/mol. The third-order valence-corrected chi connectivity index (χ3v) is 3.69. The fraction of sp³-hybridized carbons (Fsp3) is 0.714. The number of hydrogen-bond acceptors (Lipinski definition) is 3. The van der Waals surface area contributed by atoms with Crippen LogP contribution in [0.15, 0.2) is 6.20 Å². The van der Waals surface area contributed by atoms with Crippen molar-refractivity contribution in [3.05, 3.63) is 23.3 Å². The molecule has 0 aliphatic rings. The van der Waals surface area contributed by atoms with Gasteiger partial charge in [-0.25, -0.2) is 9.97 Å². The third-order valence-electron chi connectivity index (χ3n) is 3.40. The summed E-state index contributed by atoms with van der Waals surface area (Å²) in [4.78, 5) is 9.14. The summed E-state index contributed by atoms with van der Waals surface area (Å²) in [5, 5.41) is 0. The standard InChI is InChI=1S/C14H23ClN2O/c1-5-12-11(9-15)10-16-13(17-12)14(6-2,7-3)18-8-4/h10H,5-9H2,1-4H3. The van der Waals surface area contributed by atoms with Gasteiger partial charge in [0.2, 0.25) is 0 Å². The molecule has 0 N–H and O–H groups in total. The smallest absolute Gasteiger partial charge is 0.160 e. The van der Waals surface area contributed by atoms with Crippen LogP contribution in [0.25, 0.3) is 0 Å². The van der Waals surface area contributed by atoms with Crippen LogP contribution in [-0.4, -0.2) is 16.6 Å². The molecule has 0 aliphatic heterocycles. The van der Waals surface area contributed by atoms with Gasteiger partial charge in [0.1, 0.15) is 5.60 Å². The lowest BCUT2D eigenvalue weighted by Gasteiger charge is -2.30. The largest absolute Gasteiger partial charge is 0.367 e. The zero-order valence-corrected chi connectivity index (χ0v) is 12.5. The lowest BCUT2D eigenvalue weighted by molar-refractivity contribution is -0.0573. The lowest BCUT2D eigenvalue weighted by Crippen LogP contribution is -2.31. The van der Waals surface area contributed by atoms with Gasteiger partial charge in [0.05, 0.1) is 5.88 Å². The molecule has 0 bridgehead atoms. The first kappa shape index (κ1) is 15.4. The summed E-state index contributed by atoms with van der Waals surface area (Å²) in [6.07, 6.45) is 4.46. The van der Waals surface area contributed by atoms with E-state index in [0.29, 0.717) is 12.5 Å². The van der Waals surface area contributed by atoms with Crippen LogP contribution in [0.1, 0.15) is 57.6 Å². The van der Waals surface area contributed by atoms with E-state index in [0.717, 1.165) is 36.3 Å². The molecular formula is C14H23ClN2O. The molecule has 102 valence electrons. The number of rotatable bonds is 7. The first-order valence-electron chi connectivity index (χ1n) is 6.72. The van der Waals surface area contributed by atoms with Gasteiger partial charge in [-0.2, -0.15) is 0 Å². The summed E-state index contributed by atoms with van der Waals surface area (Å²) in [5.74, 6) is 1.25. The van der Waals surface area contributed by atoms with E-state index in [9.17, 15) is 0 Å². The van der Waals surface area contributed by atoms with E-state index in [2.05, 4.69) is 30.7 Å². The number of nitrogens with zero attached hydrogens (tertiary/aromatic N) is 2. The summed E-state index contributed by atoms with van der Waals surface area (Å²) < 4.78 is 5.93. The summed E-state index contributed by atoms with van der Waals surface area (Å²) >= 11 is 5.90. The molecule has 0 radical (unpaired) electrons. The van der Waals surface area contributed by atoms with Crippen LogP contribution in [0, 0.1) is 0 Å². The van der Waals surface area contributed by atoms with Crippen molar-refractivity contribution in [3.63, 3.8) is 0 Å². The average Bonchev–Trinajstić information content (AvgIpc) is 2.44. The van der Waals surface area contributed by atoms with Crippen molar-refractivity contribution in [1.29, 1.82) is 0 Å². The molecule has 3 nitrogen and oxygen atoms in total. The molecule has 0 aliphatic carbocycles. The van der Waals surface area contributed by atoms with Crippen LogP contribution >= 0.6 is 11.6 Å². The molecule has 0 fully saturated rings. The van der Waals surface area contributed by atoms with Gasteiger partial charge in [0.15, 0.2) is 5.82 Å². The minimum Gasteiger partial charge on any atom is -0.367 e. The van der Waals surface area contributed by atoms with Gasteiger partial charge in [-0.15, -0.1) is 11.6 Å². The van der Waals surface area contributed by atoms with Crippen molar-refractivity contribution >= 4 is 11.6 Å². The first-order valence-corrected chi connectivity index (χ1v) is 7.25. The Balaban J connectivity index is 3.20. The molecule has 1 rings (SSSR count). The first-order chi connectivity index (χ1) is 8.67. The summed E-state index contributed by atoms with van der Waals surface area (Å²) in [6, 6.07) is 0. The molecule has 0 amide bonds. The maximum atomic E-state index is 5.93. The number of alkyl halides is 1. The molecule has 0 aromatic carbocycles. The Hall–Kier alpha value is -0.670. The minimum atomic E-state index is -0.358. The van der Waals surface area contributed by atoms with E-state index in [-0.39, 0.29) is 5.60 Å². The molecule has 0 spiro atoms. The minimum absolute atomic E-state index is 0.358. The highest BCUT2D eigenvalue weighted by molar-refractivity contribution is 6.17. The molecule has 0 saturated heterocycles. The Morgan fingerprint density at radius 3 is 2.33 bits per heavy atom. The third kappa shape index (κ3) is 3.01. The second-order valence-corrected chi connectivity index (χ2v) is 4.55. The molecule has 1 aromatic heterocycles. The van der Waals surface area contributed by atoms with Crippen molar-refractivity contribution in [1.82, 2.24) is 9.97 Å². The van der Waals surface area contributed by atoms with Crippen molar-refractivity contribution in [2.45, 2.75) is 58.4 Å². The second kappa shape index (κ2) is 7.05. The average molecular weight is 271 g/mol. The second-order valence-electron chi connectivity index (χ2n) is 4.29. The van der Waals surface area contributed by atoms with Crippen LogP contribution in [0.5, 0.6) is 0 Å². The van der Waals surface area contributed by atoms with E-state index in [4.69, 9.17) is 16.3 Å². The molecule has 4 heteroatoms. The molecule has 0 atom stereocenters. The van der Waals surface area contributed by atoms with E-state index >= 15 is 0 Å². The Labute approximate surface area is 115 Å². The zero-order valence-electron chi connectivity index (χ0n) is 11.8. The van der Waals surface area contributed by atoms with E-state index < -0.39 is 0 Å². The van der Waals surface area contributed by atoms with Crippen LogP contribution < -0.4 is 0 Å². The fourth-order valence-electron chi connectivity index (χ4n) is 2.19. The summed E-state index contributed by atoms with van der Waals surface area (Å²) in [7, 11) is 0. The van der Waals surface area contributed by atoms with E-state index in [1.165, 1.54) is 0 Å². The Morgan fingerprint density at radius 1 is 1.22 bits per heavy atom. The van der Waals surface area contributed by atoms with E-state index in [1.54, 1.807) is 0 Å². The van der Waals surface area contributed by atoms with Gasteiger partial charge in [-0.05, 0) is 26.2 Å². The van der Waals surface area contributed by atoms with Gasteiger partial charge in [0, 0.05) is 24.1 Å². The fourth-order valence-corrected chi connectivity index (χ4v) is 2.41. The maximum absolute atomic E-state index is 5.93.